The van der Waals surface area contributed by atoms with E-state index in [4.69, 9.17) is 16.7 Å². The largest absolute Gasteiger partial charge is 0.481 e. The summed E-state index contributed by atoms with van der Waals surface area (Å²) in [6, 6.07) is 20.0. The van der Waals surface area contributed by atoms with Gasteiger partial charge >= 0.3 is 5.97 Å². The van der Waals surface area contributed by atoms with Gasteiger partial charge in [0.1, 0.15) is 5.82 Å². The van der Waals surface area contributed by atoms with Gasteiger partial charge < -0.3 is 21.1 Å². The Morgan fingerprint density at radius 3 is 2.78 bits per heavy atom. The van der Waals surface area contributed by atoms with Gasteiger partial charge in [-0.05, 0) is 46.9 Å². The van der Waals surface area contributed by atoms with Crippen molar-refractivity contribution in [3.8, 4) is 0 Å². The lowest BCUT2D eigenvalue weighted by atomic mass is 9.94. The Bertz CT molecular complexity index is 1080. The van der Waals surface area contributed by atoms with Crippen molar-refractivity contribution in [3.05, 3.63) is 88.6 Å². The summed E-state index contributed by atoms with van der Waals surface area (Å²) in [5, 5.41) is 20.5. The molecule has 0 radical (unpaired) electrons. The number of anilines is 2. The predicted octanol–water partition coefficient (Wildman–Crippen LogP) is 4.70. The minimum atomic E-state index is -0.863. The van der Waals surface area contributed by atoms with Gasteiger partial charge in [-0.3, -0.25) is 4.79 Å². The number of aromatic nitrogens is 1. The van der Waals surface area contributed by atoms with E-state index in [0.29, 0.717) is 17.1 Å². The maximum Gasteiger partial charge on any atom is 0.307 e. The van der Waals surface area contributed by atoms with Crippen molar-refractivity contribution >= 4 is 29.1 Å². The number of nitrogens with zero attached hydrogens (tertiary/aromatic N) is 1. The molecule has 166 valence electrons. The lowest BCUT2D eigenvalue weighted by Gasteiger charge is -2.35. The van der Waals surface area contributed by atoms with Gasteiger partial charge in [-0.15, -0.1) is 0 Å². The number of rotatable bonds is 8. The van der Waals surface area contributed by atoms with Crippen LogP contribution in [0.25, 0.3) is 0 Å². The van der Waals surface area contributed by atoms with Crippen molar-refractivity contribution in [2.24, 2.45) is 0 Å². The highest BCUT2D eigenvalue weighted by Gasteiger charge is 2.27. The quantitative estimate of drug-likeness (QED) is 0.398. The number of carboxylic acid groups (broad SMARTS) is 1. The normalized spacial score (nSPS) is 16.9. The highest BCUT2D eigenvalue weighted by Crippen LogP contribution is 2.29. The minimum absolute atomic E-state index is 0.0373. The van der Waals surface area contributed by atoms with Crippen molar-refractivity contribution in [1.82, 2.24) is 10.3 Å². The topological polar surface area (TPSA) is 86.3 Å². The fraction of sp³-hybridized carbons (Fsp3) is 0.280. The number of pyridine rings is 1. The molecule has 1 aromatic heterocycles. The van der Waals surface area contributed by atoms with E-state index < -0.39 is 5.97 Å². The van der Waals surface area contributed by atoms with Crippen LogP contribution in [0, 0.1) is 0 Å². The Morgan fingerprint density at radius 1 is 1.19 bits per heavy atom. The van der Waals surface area contributed by atoms with Gasteiger partial charge in [0, 0.05) is 24.3 Å². The average Bonchev–Trinajstić information content (AvgIpc) is 2.79. The third-order valence-electron chi connectivity index (χ3n) is 5.75. The van der Waals surface area contributed by atoms with Crippen LogP contribution >= 0.6 is 11.6 Å². The standard InChI is InChI=1S/C25H27ClN4O2/c1-16(19-10-17(12-23(31)32)11-20(26)13-19)14-29-24(18-6-3-2-4-7-18)22-15-28-21-8-5-9-27-25(21)30-22/h2-11,13,16,22,24,28-29H,12,14-15H2,1H3,(H,27,30)(H,31,32)/t16-,22+,24+/m0/s1. The van der Waals surface area contributed by atoms with Gasteiger partial charge in [0.25, 0.3) is 0 Å². The Balaban J connectivity index is 1.51. The second-order valence-corrected chi connectivity index (χ2v) is 8.63. The molecule has 0 saturated heterocycles. The first-order valence-corrected chi connectivity index (χ1v) is 11.1. The third-order valence-corrected chi connectivity index (χ3v) is 5.97. The minimum Gasteiger partial charge on any atom is -0.481 e. The van der Waals surface area contributed by atoms with Gasteiger partial charge in [0.2, 0.25) is 0 Å². The monoisotopic (exact) mass is 450 g/mol. The lowest BCUT2D eigenvalue weighted by Crippen LogP contribution is -2.45. The van der Waals surface area contributed by atoms with Gasteiger partial charge in [0.15, 0.2) is 0 Å². The maximum atomic E-state index is 11.1. The molecule has 3 aromatic rings. The number of aliphatic carboxylic acids is 1. The van der Waals surface area contributed by atoms with Crippen molar-refractivity contribution < 1.29 is 9.90 Å². The summed E-state index contributed by atoms with van der Waals surface area (Å²) in [6.45, 7) is 3.59. The molecule has 1 aliphatic rings. The molecule has 0 unspecified atom stereocenters. The second kappa shape index (κ2) is 10.0. The molecular weight excluding hydrogens is 424 g/mol. The van der Waals surface area contributed by atoms with Gasteiger partial charge in [-0.2, -0.15) is 0 Å². The van der Waals surface area contributed by atoms with Gasteiger partial charge in [0.05, 0.1) is 24.2 Å². The molecule has 0 amide bonds. The highest BCUT2D eigenvalue weighted by molar-refractivity contribution is 6.30. The first-order chi connectivity index (χ1) is 15.5. The zero-order valence-corrected chi connectivity index (χ0v) is 18.6. The molecule has 32 heavy (non-hydrogen) atoms. The van der Waals surface area contributed by atoms with Crippen LogP contribution < -0.4 is 16.0 Å². The van der Waals surface area contributed by atoms with Crippen molar-refractivity contribution in [2.75, 3.05) is 23.7 Å². The van der Waals surface area contributed by atoms with E-state index in [2.05, 4.69) is 40.0 Å². The lowest BCUT2D eigenvalue weighted by molar-refractivity contribution is -0.136. The Hall–Kier alpha value is -3.09. The SMILES string of the molecule is C[C@@H](CN[C@H](c1ccccc1)[C@H]1CNc2cccnc2N1)c1cc(Cl)cc(CC(=O)O)c1. The van der Waals surface area contributed by atoms with Crippen LogP contribution in [0.2, 0.25) is 5.02 Å². The number of halogens is 1. The molecule has 2 aromatic carbocycles. The van der Waals surface area contributed by atoms with E-state index in [-0.39, 0.29) is 24.4 Å². The van der Waals surface area contributed by atoms with E-state index in [1.807, 2.05) is 42.5 Å². The van der Waals surface area contributed by atoms with E-state index in [1.165, 1.54) is 5.56 Å². The smallest absolute Gasteiger partial charge is 0.307 e. The number of benzene rings is 2. The molecule has 2 heterocycles. The number of carboxylic acids is 1. The summed E-state index contributed by atoms with van der Waals surface area (Å²) in [7, 11) is 0. The van der Waals surface area contributed by atoms with E-state index in [9.17, 15) is 4.79 Å². The first kappa shape index (κ1) is 22.1. The first-order valence-electron chi connectivity index (χ1n) is 10.7. The second-order valence-electron chi connectivity index (χ2n) is 8.19. The Morgan fingerprint density at radius 2 is 2.00 bits per heavy atom. The van der Waals surface area contributed by atoms with Gasteiger partial charge in [-0.25, -0.2) is 4.98 Å². The fourth-order valence-electron chi connectivity index (χ4n) is 4.12. The molecule has 4 rings (SSSR count). The summed E-state index contributed by atoms with van der Waals surface area (Å²) in [6.07, 6.45) is 1.75. The van der Waals surface area contributed by atoms with Crippen LogP contribution in [-0.2, 0) is 11.2 Å². The average molecular weight is 451 g/mol. The molecule has 0 spiro atoms. The molecular formula is C25H27ClN4O2. The van der Waals surface area contributed by atoms with Crippen molar-refractivity contribution in [1.29, 1.82) is 0 Å². The molecule has 0 bridgehead atoms. The summed E-state index contributed by atoms with van der Waals surface area (Å²) in [4.78, 5) is 15.6. The summed E-state index contributed by atoms with van der Waals surface area (Å²) in [5.41, 5.74) is 3.94. The number of fused-ring (bicyclic) bond motifs is 1. The number of nitrogens with one attached hydrogen (secondary N) is 3. The molecule has 3 atom stereocenters. The molecule has 0 aliphatic carbocycles. The molecule has 0 fully saturated rings. The maximum absolute atomic E-state index is 11.1. The fourth-order valence-corrected chi connectivity index (χ4v) is 4.39. The Labute approximate surface area is 193 Å². The number of hydrogen-bond donors (Lipinski definition) is 4. The van der Waals surface area contributed by atoms with E-state index in [1.54, 1.807) is 12.3 Å². The predicted molar refractivity (Wildman–Crippen MR) is 129 cm³/mol. The molecule has 4 N–H and O–H groups in total. The van der Waals surface area contributed by atoms with Crippen LogP contribution in [0.1, 0.15) is 35.6 Å². The van der Waals surface area contributed by atoms with Crippen molar-refractivity contribution in [3.63, 3.8) is 0 Å². The zero-order valence-electron chi connectivity index (χ0n) is 17.9. The van der Waals surface area contributed by atoms with Crippen LogP contribution in [-0.4, -0.2) is 35.2 Å². The number of carbonyl (C=O) groups is 1. The summed E-state index contributed by atoms with van der Waals surface area (Å²) < 4.78 is 0. The molecule has 6 nitrogen and oxygen atoms in total. The van der Waals surface area contributed by atoms with Gasteiger partial charge in [-0.1, -0.05) is 54.9 Å². The van der Waals surface area contributed by atoms with E-state index >= 15 is 0 Å². The molecule has 1 aliphatic heterocycles. The molecule has 7 heteroatoms. The summed E-state index contributed by atoms with van der Waals surface area (Å²) >= 11 is 6.27. The Kier molecular flexibility index (Phi) is 6.93. The van der Waals surface area contributed by atoms with Crippen molar-refractivity contribution in [2.45, 2.75) is 31.3 Å². The summed E-state index contributed by atoms with van der Waals surface area (Å²) in [5.74, 6) is 0.139. The van der Waals surface area contributed by atoms with E-state index in [0.717, 1.165) is 23.6 Å². The number of hydrogen-bond acceptors (Lipinski definition) is 5. The van der Waals surface area contributed by atoms with Crippen LogP contribution in [0.15, 0.2) is 66.9 Å². The third kappa shape index (κ3) is 5.39. The highest BCUT2D eigenvalue weighted by atomic mass is 35.5. The van der Waals surface area contributed by atoms with Crippen LogP contribution in [0.3, 0.4) is 0 Å². The van der Waals surface area contributed by atoms with Crippen LogP contribution in [0.4, 0.5) is 11.5 Å². The van der Waals surface area contributed by atoms with Crippen LogP contribution in [0.5, 0.6) is 0 Å². The zero-order chi connectivity index (χ0) is 22.5. The molecule has 0 saturated carbocycles.